The second-order valence-electron chi connectivity index (χ2n) is 4.28. The van der Waals surface area contributed by atoms with E-state index in [1.807, 2.05) is 6.92 Å². The van der Waals surface area contributed by atoms with Gasteiger partial charge in [-0.2, -0.15) is 0 Å². The molecule has 0 aromatic heterocycles. The van der Waals surface area contributed by atoms with Crippen LogP contribution in [-0.2, 0) is 4.79 Å². The van der Waals surface area contributed by atoms with Gasteiger partial charge >= 0.3 is 0 Å². The summed E-state index contributed by atoms with van der Waals surface area (Å²) in [7, 11) is 0. The van der Waals surface area contributed by atoms with Crippen molar-refractivity contribution in [3.05, 3.63) is 18.2 Å². The molecule has 0 aliphatic heterocycles. The van der Waals surface area contributed by atoms with Crippen LogP contribution in [0.2, 0.25) is 0 Å². The lowest BCUT2D eigenvalue weighted by Crippen LogP contribution is -2.31. The Labute approximate surface area is 108 Å². The Morgan fingerprint density at radius 2 is 1.89 bits per heavy atom. The fourth-order valence-corrected chi connectivity index (χ4v) is 1.79. The summed E-state index contributed by atoms with van der Waals surface area (Å²) in [5.41, 5.74) is 0.633. The molecule has 2 N–H and O–H groups in total. The molecule has 0 fully saturated rings. The maximum absolute atomic E-state index is 11.9. The van der Waals surface area contributed by atoms with Crippen molar-refractivity contribution < 1.29 is 15.0 Å². The zero-order valence-electron chi connectivity index (χ0n) is 11.0. The van der Waals surface area contributed by atoms with Crippen molar-refractivity contribution in [2.24, 2.45) is 0 Å². The molecule has 0 saturated heterocycles. The Bertz CT molecular complexity index is 404. The first-order valence-electron chi connectivity index (χ1n) is 6.42. The second kappa shape index (κ2) is 6.89. The van der Waals surface area contributed by atoms with E-state index < -0.39 is 0 Å². The van der Waals surface area contributed by atoms with Gasteiger partial charge in [-0.15, -0.1) is 0 Å². The fraction of sp³-hybridized carbons (Fsp3) is 0.500. The Morgan fingerprint density at radius 1 is 1.17 bits per heavy atom. The van der Waals surface area contributed by atoms with Crippen LogP contribution in [0.5, 0.6) is 11.5 Å². The summed E-state index contributed by atoms with van der Waals surface area (Å²) >= 11 is 0. The molecule has 0 spiro atoms. The van der Waals surface area contributed by atoms with Gasteiger partial charge in [-0.1, -0.05) is 26.7 Å². The van der Waals surface area contributed by atoms with Crippen molar-refractivity contribution in [2.45, 2.75) is 39.5 Å². The highest BCUT2D eigenvalue weighted by Crippen LogP contribution is 2.29. The average Bonchev–Trinajstić information content (AvgIpc) is 2.37. The number of hydrogen-bond donors (Lipinski definition) is 2. The van der Waals surface area contributed by atoms with Crippen molar-refractivity contribution in [2.75, 3.05) is 11.4 Å². The number of nitrogens with zero attached hydrogens (tertiary/aromatic N) is 1. The van der Waals surface area contributed by atoms with Gasteiger partial charge in [-0.3, -0.25) is 4.79 Å². The number of rotatable bonds is 6. The van der Waals surface area contributed by atoms with Crippen LogP contribution in [0.25, 0.3) is 0 Å². The largest absolute Gasteiger partial charge is 0.504 e. The van der Waals surface area contributed by atoms with Gasteiger partial charge in [-0.05, 0) is 18.6 Å². The molecule has 4 heteroatoms. The van der Waals surface area contributed by atoms with Gasteiger partial charge in [0.1, 0.15) is 0 Å². The minimum absolute atomic E-state index is 0.0243. The number of phenolic OH excluding ortho intramolecular Hbond substituents is 2. The minimum Gasteiger partial charge on any atom is -0.504 e. The first-order chi connectivity index (χ1) is 8.60. The molecule has 1 aromatic carbocycles. The molecule has 0 saturated carbocycles. The number of anilines is 1. The second-order valence-corrected chi connectivity index (χ2v) is 4.28. The quantitative estimate of drug-likeness (QED) is 0.603. The van der Waals surface area contributed by atoms with E-state index in [1.165, 1.54) is 12.1 Å². The van der Waals surface area contributed by atoms with Gasteiger partial charge in [0, 0.05) is 24.7 Å². The van der Waals surface area contributed by atoms with Crippen molar-refractivity contribution in [1.82, 2.24) is 0 Å². The number of aromatic hydroxyl groups is 2. The summed E-state index contributed by atoms with van der Waals surface area (Å²) in [5.74, 6) is -0.343. The van der Waals surface area contributed by atoms with Crippen molar-refractivity contribution in [3.8, 4) is 11.5 Å². The summed E-state index contributed by atoms with van der Waals surface area (Å²) in [6.45, 7) is 4.57. The third-order valence-electron chi connectivity index (χ3n) is 2.86. The lowest BCUT2D eigenvalue weighted by Gasteiger charge is -2.22. The highest BCUT2D eigenvalue weighted by Gasteiger charge is 2.14. The molecule has 0 heterocycles. The Kier molecular flexibility index (Phi) is 5.49. The normalized spacial score (nSPS) is 10.3. The van der Waals surface area contributed by atoms with E-state index in [4.69, 9.17) is 0 Å². The number of carbonyl (C=O) groups excluding carboxylic acids is 1. The standard InChI is InChI=1S/C14H21NO3/c1-3-5-6-9-15(14(18)4-2)11-7-8-12(16)13(17)10-11/h7-8,10,16-17H,3-6,9H2,1-2H3. The summed E-state index contributed by atoms with van der Waals surface area (Å²) in [6, 6.07) is 4.48. The van der Waals surface area contributed by atoms with Gasteiger partial charge in [0.05, 0.1) is 0 Å². The number of hydrogen-bond acceptors (Lipinski definition) is 3. The van der Waals surface area contributed by atoms with Crippen LogP contribution >= 0.6 is 0 Å². The van der Waals surface area contributed by atoms with E-state index in [2.05, 4.69) is 6.92 Å². The van der Waals surface area contributed by atoms with Crippen LogP contribution in [0.1, 0.15) is 39.5 Å². The molecular formula is C14H21NO3. The van der Waals surface area contributed by atoms with E-state index in [0.29, 0.717) is 18.7 Å². The van der Waals surface area contributed by atoms with E-state index in [9.17, 15) is 15.0 Å². The highest BCUT2D eigenvalue weighted by molar-refractivity contribution is 5.93. The molecule has 100 valence electrons. The number of phenols is 2. The Balaban J connectivity index is 2.87. The van der Waals surface area contributed by atoms with Crippen LogP contribution in [-0.4, -0.2) is 22.7 Å². The maximum Gasteiger partial charge on any atom is 0.226 e. The third-order valence-corrected chi connectivity index (χ3v) is 2.86. The van der Waals surface area contributed by atoms with Crippen molar-refractivity contribution in [3.63, 3.8) is 0 Å². The SMILES string of the molecule is CCCCCN(C(=O)CC)c1ccc(O)c(O)c1. The molecule has 0 atom stereocenters. The lowest BCUT2D eigenvalue weighted by atomic mass is 10.2. The average molecular weight is 251 g/mol. The van der Waals surface area contributed by atoms with Crippen LogP contribution in [0, 0.1) is 0 Å². The molecule has 1 amide bonds. The van der Waals surface area contributed by atoms with Crippen LogP contribution in [0.4, 0.5) is 5.69 Å². The summed E-state index contributed by atoms with van der Waals surface area (Å²) in [4.78, 5) is 13.5. The zero-order chi connectivity index (χ0) is 13.5. The van der Waals surface area contributed by atoms with Gasteiger partial charge in [-0.25, -0.2) is 0 Å². The molecule has 0 aliphatic rings. The Morgan fingerprint density at radius 3 is 2.44 bits per heavy atom. The van der Waals surface area contributed by atoms with Gasteiger partial charge in [0.25, 0.3) is 0 Å². The van der Waals surface area contributed by atoms with Crippen LogP contribution in [0.15, 0.2) is 18.2 Å². The molecule has 4 nitrogen and oxygen atoms in total. The predicted octanol–water partition coefficient (Wildman–Crippen LogP) is 3.03. The summed E-state index contributed by atoms with van der Waals surface area (Å²) < 4.78 is 0. The predicted molar refractivity (Wildman–Crippen MR) is 71.9 cm³/mol. The first-order valence-corrected chi connectivity index (χ1v) is 6.42. The topological polar surface area (TPSA) is 60.8 Å². The van der Waals surface area contributed by atoms with Gasteiger partial charge in [0.15, 0.2) is 11.5 Å². The van der Waals surface area contributed by atoms with Gasteiger partial charge in [0.2, 0.25) is 5.91 Å². The van der Waals surface area contributed by atoms with Crippen molar-refractivity contribution >= 4 is 11.6 Å². The van der Waals surface area contributed by atoms with Gasteiger partial charge < -0.3 is 15.1 Å². The van der Waals surface area contributed by atoms with E-state index in [0.717, 1.165) is 19.3 Å². The fourth-order valence-electron chi connectivity index (χ4n) is 1.79. The molecule has 1 rings (SSSR count). The molecule has 0 aliphatic carbocycles. The zero-order valence-corrected chi connectivity index (χ0v) is 11.0. The van der Waals surface area contributed by atoms with E-state index in [1.54, 1.807) is 11.0 Å². The van der Waals surface area contributed by atoms with Crippen LogP contribution in [0.3, 0.4) is 0 Å². The first kappa shape index (κ1) is 14.4. The number of benzene rings is 1. The third kappa shape index (κ3) is 3.65. The monoisotopic (exact) mass is 251 g/mol. The lowest BCUT2D eigenvalue weighted by molar-refractivity contribution is -0.118. The maximum atomic E-state index is 11.9. The molecule has 1 aromatic rings. The van der Waals surface area contributed by atoms with Crippen LogP contribution < -0.4 is 4.90 Å². The molecular weight excluding hydrogens is 230 g/mol. The Hall–Kier alpha value is -1.71. The molecule has 0 bridgehead atoms. The number of carbonyl (C=O) groups is 1. The highest BCUT2D eigenvalue weighted by atomic mass is 16.3. The van der Waals surface area contributed by atoms with E-state index >= 15 is 0 Å². The molecule has 18 heavy (non-hydrogen) atoms. The minimum atomic E-state index is -0.197. The summed E-state index contributed by atoms with van der Waals surface area (Å²) in [6.07, 6.45) is 3.52. The summed E-state index contributed by atoms with van der Waals surface area (Å²) in [5, 5.41) is 18.8. The van der Waals surface area contributed by atoms with Crippen molar-refractivity contribution in [1.29, 1.82) is 0 Å². The number of unbranched alkanes of at least 4 members (excludes halogenated alkanes) is 2. The smallest absolute Gasteiger partial charge is 0.226 e. The molecule has 0 radical (unpaired) electrons. The van der Waals surface area contributed by atoms with E-state index in [-0.39, 0.29) is 17.4 Å². The molecule has 0 unspecified atom stereocenters. The number of amides is 1.